The normalized spacial score (nSPS) is 18.7. The van der Waals surface area contributed by atoms with Gasteiger partial charge in [-0.1, -0.05) is 11.6 Å². The maximum atomic E-state index is 11.5. The number of anilines is 1. The molecule has 3 N–H and O–H groups in total. The van der Waals surface area contributed by atoms with Crippen LogP contribution in [0.5, 0.6) is 0 Å². The molecule has 0 bridgehead atoms. The van der Waals surface area contributed by atoms with Crippen molar-refractivity contribution in [3.63, 3.8) is 0 Å². The molecule has 0 saturated carbocycles. The second-order valence-corrected chi connectivity index (χ2v) is 4.86. The molecule has 0 aromatic heterocycles. The standard InChI is InChI=1S/C13H18ClN3O/c1-15-13(18)9-4-5-11(14)12(7-9)17-8-10-3-2-6-16-10/h4-5,7,10,16-17H,2-3,6,8H2,1H3,(H,15,18). The lowest BCUT2D eigenvalue weighted by Crippen LogP contribution is -2.29. The SMILES string of the molecule is CNC(=O)c1ccc(Cl)c(NCC2CCCN2)c1. The lowest BCUT2D eigenvalue weighted by Gasteiger charge is -2.14. The first-order valence-electron chi connectivity index (χ1n) is 6.19. The van der Waals surface area contributed by atoms with E-state index in [0.29, 0.717) is 16.6 Å². The largest absolute Gasteiger partial charge is 0.382 e. The highest BCUT2D eigenvalue weighted by Gasteiger charge is 2.14. The van der Waals surface area contributed by atoms with Crippen LogP contribution in [0.3, 0.4) is 0 Å². The summed E-state index contributed by atoms with van der Waals surface area (Å²) in [5, 5.41) is 9.95. The van der Waals surface area contributed by atoms with Crippen molar-refractivity contribution in [3.05, 3.63) is 28.8 Å². The van der Waals surface area contributed by atoms with Crippen molar-refractivity contribution in [2.75, 3.05) is 25.5 Å². The number of hydrogen-bond acceptors (Lipinski definition) is 3. The average Bonchev–Trinajstić information content (AvgIpc) is 2.90. The van der Waals surface area contributed by atoms with E-state index in [0.717, 1.165) is 18.8 Å². The highest BCUT2D eigenvalue weighted by atomic mass is 35.5. The summed E-state index contributed by atoms with van der Waals surface area (Å²) >= 11 is 6.11. The second kappa shape index (κ2) is 6.07. The van der Waals surface area contributed by atoms with Gasteiger partial charge in [0, 0.05) is 25.2 Å². The van der Waals surface area contributed by atoms with Gasteiger partial charge in [-0.2, -0.15) is 0 Å². The Labute approximate surface area is 112 Å². The molecular formula is C13H18ClN3O. The van der Waals surface area contributed by atoms with Crippen molar-refractivity contribution in [1.82, 2.24) is 10.6 Å². The number of nitrogens with one attached hydrogen (secondary N) is 3. The molecular weight excluding hydrogens is 250 g/mol. The zero-order chi connectivity index (χ0) is 13.0. The van der Waals surface area contributed by atoms with Crippen molar-refractivity contribution in [2.24, 2.45) is 0 Å². The third kappa shape index (κ3) is 3.15. The minimum atomic E-state index is -0.103. The van der Waals surface area contributed by atoms with Gasteiger partial charge in [0.1, 0.15) is 0 Å². The molecule has 1 heterocycles. The van der Waals surface area contributed by atoms with Gasteiger partial charge in [-0.05, 0) is 37.6 Å². The number of carbonyl (C=O) groups is 1. The van der Waals surface area contributed by atoms with Gasteiger partial charge >= 0.3 is 0 Å². The van der Waals surface area contributed by atoms with E-state index in [4.69, 9.17) is 11.6 Å². The Hall–Kier alpha value is -1.26. The maximum Gasteiger partial charge on any atom is 0.251 e. The van der Waals surface area contributed by atoms with Crippen LogP contribution in [-0.2, 0) is 0 Å². The summed E-state index contributed by atoms with van der Waals surface area (Å²) < 4.78 is 0. The molecule has 0 radical (unpaired) electrons. The van der Waals surface area contributed by atoms with E-state index in [1.54, 1.807) is 25.2 Å². The number of carbonyl (C=O) groups excluding carboxylic acids is 1. The highest BCUT2D eigenvalue weighted by Crippen LogP contribution is 2.23. The molecule has 5 heteroatoms. The molecule has 1 unspecified atom stereocenters. The molecule has 1 saturated heterocycles. The van der Waals surface area contributed by atoms with Gasteiger partial charge in [0.05, 0.1) is 10.7 Å². The molecule has 1 aromatic rings. The molecule has 1 amide bonds. The summed E-state index contributed by atoms with van der Waals surface area (Å²) in [5.41, 5.74) is 1.43. The minimum Gasteiger partial charge on any atom is -0.382 e. The van der Waals surface area contributed by atoms with Crippen LogP contribution in [0.1, 0.15) is 23.2 Å². The maximum absolute atomic E-state index is 11.5. The van der Waals surface area contributed by atoms with Gasteiger partial charge in [0.25, 0.3) is 5.91 Å². The van der Waals surface area contributed by atoms with E-state index in [9.17, 15) is 4.79 Å². The van der Waals surface area contributed by atoms with E-state index in [1.165, 1.54) is 12.8 Å². The van der Waals surface area contributed by atoms with Crippen molar-refractivity contribution in [3.8, 4) is 0 Å². The molecule has 98 valence electrons. The topological polar surface area (TPSA) is 53.2 Å². The van der Waals surface area contributed by atoms with E-state index >= 15 is 0 Å². The van der Waals surface area contributed by atoms with Crippen LogP contribution in [0.2, 0.25) is 5.02 Å². The molecule has 1 atom stereocenters. The number of benzene rings is 1. The Kier molecular flexibility index (Phi) is 4.44. The van der Waals surface area contributed by atoms with Crippen LogP contribution in [0.4, 0.5) is 5.69 Å². The number of hydrogen-bond donors (Lipinski definition) is 3. The van der Waals surface area contributed by atoms with Gasteiger partial charge in [-0.15, -0.1) is 0 Å². The quantitative estimate of drug-likeness (QED) is 0.781. The first kappa shape index (κ1) is 13.2. The minimum absolute atomic E-state index is 0.103. The van der Waals surface area contributed by atoms with Crippen LogP contribution in [0.25, 0.3) is 0 Å². The summed E-state index contributed by atoms with van der Waals surface area (Å²) in [6, 6.07) is 5.75. The second-order valence-electron chi connectivity index (χ2n) is 4.45. The highest BCUT2D eigenvalue weighted by molar-refractivity contribution is 6.33. The molecule has 1 aliphatic heterocycles. The third-order valence-electron chi connectivity index (χ3n) is 3.16. The van der Waals surface area contributed by atoms with Crippen molar-refractivity contribution in [1.29, 1.82) is 0 Å². The molecule has 1 fully saturated rings. The van der Waals surface area contributed by atoms with Crippen LogP contribution >= 0.6 is 11.6 Å². The summed E-state index contributed by atoms with van der Waals surface area (Å²) in [4.78, 5) is 11.5. The lowest BCUT2D eigenvalue weighted by molar-refractivity contribution is 0.0963. The number of rotatable bonds is 4. The Balaban J connectivity index is 2.03. The predicted molar refractivity (Wildman–Crippen MR) is 74.4 cm³/mol. The van der Waals surface area contributed by atoms with Crippen LogP contribution in [-0.4, -0.2) is 32.1 Å². The van der Waals surface area contributed by atoms with Crippen molar-refractivity contribution in [2.45, 2.75) is 18.9 Å². The zero-order valence-electron chi connectivity index (χ0n) is 10.4. The van der Waals surface area contributed by atoms with Gasteiger partial charge in [-0.3, -0.25) is 4.79 Å². The van der Waals surface area contributed by atoms with Crippen LogP contribution < -0.4 is 16.0 Å². The Bertz CT molecular complexity index is 430. The van der Waals surface area contributed by atoms with Gasteiger partial charge in [-0.25, -0.2) is 0 Å². The summed E-state index contributed by atoms with van der Waals surface area (Å²) in [6.45, 7) is 1.91. The average molecular weight is 268 g/mol. The fourth-order valence-electron chi connectivity index (χ4n) is 2.11. The molecule has 1 aromatic carbocycles. The monoisotopic (exact) mass is 267 g/mol. The fourth-order valence-corrected chi connectivity index (χ4v) is 2.29. The third-order valence-corrected chi connectivity index (χ3v) is 3.49. The van der Waals surface area contributed by atoms with Crippen molar-refractivity contribution >= 4 is 23.2 Å². The van der Waals surface area contributed by atoms with Gasteiger partial charge in [0.15, 0.2) is 0 Å². The lowest BCUT2D eigenvalue weighted by atomic mass is 10.1. The molecule has 1 aliphatic rings. The first-order chi connectivity index (χ1) is 8.70. The molecule has 0 aliphatic carbocycles. The Morgan fingerprint density at radius 3 is 3.06 bits per heavy atom. The van der Waals surface area contributed by atoms with Crippen LogP contribution in [0.15, 0.2) is 18.2 Å². The van der Waals surface area contributed by atoms with Gasteiger partial charge < -0.3 is 16.0 Å². The number of halogens is 1. The summed E-state index contributed by atoms with van der Waals surface area (Å²) in [6.07, 6.45) is 2.40. The molecule has 0 spiro atoms. The smallest absolute Gasteiger partial charge is 0.251 e. The molecule has 2 rings (SSSR count). The summed E-state index contributed by atoms with van der Waals surface area (Å²) in [7, 11) is 1.62. The van der Waals surface area contributed by atoms with E-state index in [1.807, 2.05) is 0 Å². The predicted octanol–water partition coefficient (Wildman–Crippen LogP) is 1.86. The van der Waals surface area contributed by atoms with E-state index < -0.39 is 0 Å². The zero-order valence-corrected chi connectivity index (χ0v) is 11.2. The van der Waals surface area contributed by atoms with Crippen LogP contribution in [0, 0.1) is 0 Å². The van der Waals surface area contributed by atoms with Crippen molar-refractivity contribution < 1.29 is 4.79 Å². The number of amides is 1. The van der Waals surface area contributed by atoms with Gasteiger partial charge in [0.2, 0.25) is 0 Å². The first-order valence-corrected chi connectivity index (χ1v) is 6.57. The fraction of sp³-hybridized carbons (Fsp3) is 0.462. The van der Waals surface area contributed by atoms with E-state index in [2.05, 4.69) is 16.0 Å². The molecule has 18 heavy (non-hydrogen) atoms. The Morgan fingerprint density at radius 2 is 2.39 bits per heavy atom. The summed E-state index contributed by atoms with van der Waals surface area (Å²) in [5.74, 6) is -0.103. The Morgan fingerprint density at radius 1 is 1.56 bits per heavy atom. The molecule has 4 nitrogen and oxygen atoms in total. The van der Waals surface area contributed by atoms with E-state index in [-0.39, 0.29) is 5.91 Å².